The first-order valence-electron chi connectivity index (χ1n) is 29.3. The molecule has 4 aromatic heterocycles. The molecule has 2 amide bonds. The zero-order chi connectivity index (χ0) is 56.5. The van der Waals surface area contributed by atoms with Crippen LogP contribution in [0.5, 0.6) is 0 Å². The summed E-state index contributed by atoms with van der Waals surface area (Å²) in [6.45, 7) is 12.8. The number of carbonyl (C=O) groups is 2. The topological polar surface area (TPSA) is 160 Å². The van der Waals surface area contributed by atoms with Crippen LogP contribution in [0.3, 0.4) is 0 Å². The van der Waals surface area contributed by atoms with E-state index in [2.05, 4.69) is 72.9 Å². The van der Waals surface area contributed by atoms with Gasteiger partial charge in [-0.2, -0.15) is 9.97 Å². The molecule has 4 bridgehead atoms. The zero-order valence-electron chi connectivity index (χ0n) is 47.9. The van der Waals surface area contributed by atoms with Crippen LogP contribution >= 0.6 is 11.6 Å². The minimum absolute atomic E-state index is 0.00356. The van der Waals surface area contributed by atoms with Crippen LogP contribution in [-0.4, -0.2) is 203 Å². The lowest BCUT2D eigenvalue weighted by Gasteiger charge is -2.62. The summed E-state index contributed by atoms with van der Waals surface area (Å²) in [5.74, 6) is 1.53. The van der Waals surface area contributed by atoms with Crippen molar-refractivity contribution in [3.63, 3.8) is 0 Å². The molecule has 6 aliphatic carbocycles. The number of aromatic nitrogens is 6. The Balaban J connectivity index is 0.000000133. The second-order valence-corrected chi connectivity index (χ2v) is 25.4. The van der Waals surface area contributed by atoms with Crippen molar-refractivity contribution in [3.8, 4) is 0 Å². The molecular weight excluding hydrogens is 1050 g/mol. The number of piperazine rings is 2. The van der Waals surface area contributed by atoms with Crippen LogP contribution in [0.25, 0.3) is 22.1 Å². The number of likely N-dealkylation sites (N-methyl/N-ethyl adjacent to an activating group) is 2. The number of rotatable bonds is 10. The van der Waals surface area contributed by atoms with E-state index in [-0.39, 0.29) is 39.8 Å². The van der Waals surface area contributed by atoms with E-state index in [9.17, 15) is 14.0 Å². The number of carbonyl (C=O) groups excluding carboxylic acids is 2. The van der Waals surface area contributed by atoms with Crippen LogP contribution < -0.4 is 20.9 Å². The number of nitrogen functional groups attached to an aromatic ring is 1. The molecule has 0 radical (unpaired) electrons. The molecule has 0 atom stereocenters. The van der Waals surface area contributed by atoms with Gasteiger partial charge < -0.3 is 49.6 Å². The van der Waals surface area contributed by atoms with Crippen molar-refractivity contribution in [2.45, 2.75) is 87.4 Å². The number of hydrogen-bond donors (Lipinski definition) is 2. The Morgan fingerprint density at radius 3 is 1.44 bits per heavy atom. The molecule has 81 heavy (non-hydrogen) atoms. The van der Waals surface area contributed by atoms with Crippen LogP contribution in [0.1, 0.15) is 85.2 Å². The summed E-state index contributed by atoms with van der Waals surface area (Å²) in [6.07, 6.45) is 14.5. The van der Waals surface area contributed by atoms with Crippen LogP contribution in [0.2, 0.25) is 5.28 Å². The highest BCUT2D eigenvalue weighted by Crippen LogP contribution is 2.64. The van der Waals surface area contributed by atoms with Gasteiger partial charge in [-0.1, -0.05) is 0 Å². The van der Waals surface area contributed by atoms with Crippen LogP contribution in [-0.2, 0) is 11.1 Å². The van der Waals surface area contributed by atoms with Gasteiger partial charge in [-0.3, -0.25) is 19.4 Å². The molecule has 4 saturated heterocycles. The predicted octanol–water partition coefficient (Wildman–Crippen LogP) is 7.66. The van der Waals surface area contributed by atoms with Gasteiger partial charge in [-0.05, 0) is 150 Å². The minimum Gasteiger partial charge on any atom is -0.399 e. The van der Waals surface area contributed by atoms with Crippen molar-refractivity contribution in [2.24, 2.45) is 11.8 Å². The quantitative estimate of drug-likeness (QED) is 0.102. The van der Waals surface area contributed by atoms with Crippen LogP contribution in [0, 0.1) is 23.5 Å². The number of amides is 2. The van der Waals surface area contributed by atoms with Gasteiger partial charge in [0.25, 0.3) is 11.8 Å². The average Bonchev–Trinajstić information content (AvgIpc) is 3.53. The van der Waals surface area contributed by atoms with E-state index in [1.165, 1.54) is 12.1 Å². The molecule has 18 nitrogen and oxygen atoms in total. The predicted molar refractivity (Wildman–Crippen MR) is 316 cm³/mol. The normalized spacial score (nSPS) is 25.1. The highest BCUT2D eigenvalue weighted by molar-refractivity contribution is 6.28. The maximum atomic E-state index is 15.3. The van der Waals surface area contributed by atoms with Crippen LogP contribution in [0.4, 0.5) is 37.5 Å². The molecule has 0 unspecified atom stereocenters. The Kier molecular flexibility index (Phi) is 15.2. The number of benzene rings is 2. The average molecular weight is 1130 g/mol. The van der Waals surface area contributed by atoms with Crippen molar-refractivity contribution in [1.29, 1.82) is 0 Å². The molecule has 8 heterocycles. The number of anilines is 5. The number of halogens is 3. The van der Waals surface area contributed by atoms with E-state index >= 15 is 4.39 Å². The molecular formula is C60H79ClF2N16O2. The number of nitrogens with two attached hydrogens (primary N) is 1. The molecule has 21 heteroatoms. The number of nitrogens with one attached hydrogen (secondary N) is 1. The lowest BCUT2D eigenvalue weighted by atomic mass is 9.49. The molecule has 432 valence electrons. The summed E-state index contributed by atoms with van der Waals surface area (Å²) in [5, 5.41) is 5.17. The molecule has 16 rings (SSSR count). The van der Waals surface area contributed by atoms with E-state index < -0.39 is 0 Å². The van der Waals surface area contributed by atoms with Gasteiger partial charge in [-0.25, -0.2) is 18.7 Å². The summed E-state index contributed by atoms with van der Waals surface area (Å²) in [7, 11) is 11.5. The summed E-state index contributed by atoms with van der Waals surface area (Å²) < 4.78 is 33.6. The largest absolute Gasteiger partial charge is 0.399 e. The Bertz CT molecular complexity index is 3260. The highest BCUT2D eigenvalue weighted by atomic mass is 35.5. The van der Waals surface area contributed by atoms with Crippen molar-refractivity contribution < 1.29 is 18.4 Å². The number of fused-ring (bicyclic) bond motifs is 2. The van der Waals surface area contributed by atoms with Gasteiger partial charge in [0.1, 0.15) is 34.3 Å². The van der Waals surface area contributed by atoms with Crippen LogP contribution in [0.15, 0.2) is 60.9 Å². The van der Waals surface area contributed by atoms with Crippen molar-refractivity contribution in [2.75, 3.05) is 142 Å². The molecule has 10 fully saturated rings. The van der Waals surface area contributed by atoms with Crippen molar-refractivity contribution >= 4 is 74.2 Å². The number of hydrogen-bond acceptors (Lipinski definition) is 14. The summed E-state index contributed by atoms with van der Waals surface area (Å²) in [5.41, 5.74) is 11.1. The molecule has 3 N–H and O–H groups in total. The van der Waals surface area contributed by atoms with Gasteiger partial charge in [0.05, 0.1) is 11.4 Å². The molecule has 2 aromatic carbocycles. The summed E-state index contributed by atoms with van der Waals surface area (Å²) in [4.78, 5) is 60.7. The minimum atomic E-state index is -0.236. The van der Waals surface area contributed by atoms with Gasteiger partial charge >= 0.3 is 0 Å². The third-order valence-electron chi connectivity index (χ3n) is 19.2. The standard InChI is InChI=1S/C30H39FN8O.C16H25FN4.C14H15ClN4O/c1-35(2)28(40)26-14-21-19-32-29(34-27(21)39(26)30-16-20(17-30)18-30)33-22-4-5-25(24(31)15-22)38-8-6-23(7-9-38)37-12-10-36(3)11-13-37;1-19-8-10-20(11-9-19)14-4-6-21(7-5-14)16-3-2-13(18)12-15(16)17;1-18(2)12(20)10-3-9-7-16-13(15)17-11(9)19(10)14-4-8(5-14)6-14/h4-5,14-15,19-20,23H,6-13,16-18H2,1-3H3,(H,32,33,34);2-3,12,14H,4-11,18H2,1H3;3,7-8H,4-6H2,1-2H3. The third kappa shape index (κ3) is 10.8. The molecule has 6 aromatic rings. The van der Waals surface area contributed by atoms with Gasteiger partial charge in [0.15, 0.2) is 0 Å². The first-order valence-corrected chi connectivity index (χ1v) is 29.6. The number of nitrogens with zero attached hydrogens (tertiary/aromatic N) is 14. The second-order valence-electron chi connectivity index (χ2n) is 25.0. The van der Waals surface area contributed by atoms with Crippen molar-refractivity contribution in [3.05, 3.63) is 89.2 Å². The Morgan fingerprint density at radius 2 is 1.02 bits per heavy atom. The van der Waals surface area contributed by atoms with E-state index in [0.29, 0.717) is 52.2 Å². The second kappa shape index (κ2) is 22.2. The van der Waals surface area contributed by atoms with E-state index in [1.54, 1.807) is 62.5 Å². The first-order chi connectivity index (χ1) is 38.9. The van der Waals surface area contributed by atoms with E-state index in [4.69, 9.17) is 22.3 Å². The fraction of sp³-hybridized carbons (Fsp3) is 0.567. The van der Waals surface area contributed by atoms with Gasteiger partial charge in [0.2, 0.25) is 11.2 Å². The maximum absolute atomic E-state index is 15.3. The van der Waals surface area contributed by atoms with Crippen molar-refractivity contribution in [1.82, 2.24) is 58.5 Å². The lowest BCUT2D eigenvalue weighted by molar-refractivity contribution is -0.0871. The first kappa shape index (κ1) is 55.3. The summed E-state index contributed by atoms with van der Waals surface area (Å²) in [6, 6.07) is 15.4. The lowest BCUT2D eigenvalue weighted by Crippen LogP contribution is -2.60. The monoisotopic (exact) mass is 1130 g/mol. The third-order valence-corrected chi connectivity index (χ3v) is 19.3. The Morgan fingerprint density at radius 1 is 0.593 bits per heavy atom. The number of piperidine rings is 2. The van der Waals surface area contributed by atoms with Gasteiger partial charge in [-0.15, -0.1) is 0 Å². The fourth-order valence-corrected chi connectivity index (χ4v) is 14.4. The van der Waals surface area contributed by atoms with Gasteiger partial charge in [0, 0.05) is 164 Å². The van der Waals surface area contributed by atoms with E-state index in [1.807, 2.05) is 24.3 Å². The van der Waals surface area contributed by atoms with E-state index in [0.717, 1.165) is 177 Å². The zero-order valence-corrected chi connectivity index (χ0v) is 48.7. The Labute approximate surface area is 479 Å². The smallest absolute Gasteiger partial charge is 0.270 e. The SMILES string of the molecule is CN(C)C(=O)c1cc2cnc(Cl)nc2n1C12CC(C1)C2.CN1CCN(C2CCN(c3ccc(N)cc3F)CC2)CC1.CN1CCN(C2CCN(c3ccc(Nc4ncc5cc(C(=O)N(C)C)n(C67CC(C6)C7)c5n4)cc3F)CC2)CC1. The fourth-order valence-electron chi connectivity index (χ4n) is 14.2. The molecule has 4 aliphatic heterocycles. The molecule has 10 aliphatic rings. The Hall–Kier alpha value is -6.19. The molecule has 6 saturated carbocycles. The summed E-state index contributed by atoms with van der Waals surface area (Å²) >= 11 is 5.94. The molecule has 0 spiro atoms. The highest BCUT2D eigenvalue weighted by Gasteiger charge is 2.60. The maximum Gasteiger partial charge on any atom is 0.270 e.